The summed E-state index contributed by atoms with van der Waals surface area (Å²) in [7, 11) is 0. The van der Waals surface area contributed by atoms with Crippen LogP contribution < -0.4 is 5.32 Å². The maximum Gasteiger partial charge on any atom is 0.329 e. The van der Waals surface area contributed by atoms with Crippen molar-refractivity contribution in [3.8, 4) is 0 Å². The number of imide groups is 1. The lowest BCUT2D eigenvalue weighted by atomic mass is 9.81. The summed E-state index contributed by atoms with van der Waals surface area (Å²) in [5.74, 6) is -1.72. The molecule has 0 spiro atoms. The molecule has 5 atom stereocenters. The number of hydrogen-bond donors (Lipinski definition) is 1. The van der Waals surface area contributed by atoms with Gasteiger partial charge in [0.25, 0.3) is 5.91 Å². The predicted octanol–water partition coefficient (Wildman–Crippen LogP) is 2.15. The largest absolute Gasteiger partial charge is 0.454 e. The number of ether oxygens (including phenoxy) is 1. The lowest BCUT2D eigenvalue weighted by Crippen LogP contribution is -2.45. The molecule has 7 heteroatoms. The van der Waals surface area contributed by atoms with Gasteiger partial charge in [0, 0.05) is 5.69 Å². The van der Waals surface area contributed by atoms with Crippen molar-refractivity contribution in [2.75, 3.05) is 11.9 Å². The molecule has 1 saturated heterocycles. The molecular formula is C22H26N2O5. The van der Waals surface area contributed by atoms with Gasteiger partial charge in [-0.1, -0.05) is 25.1 Å². The number of fused-ring (bicyclic) bond motifs is 5. The highest BCUT2D eigenvalue weighted by Gasteiger charge is 2.62. The minimum atomic E-state index is -1.02. The van der Waals surface area contributed by atoms with E-state index in [1.165, 1.54) is 6.92 Å². The number of rotatable bonds is 6. The quantitative estimate of drug-likeness (QED) is 0.585. The standard InChI is InChI=1S/C22H26N2O5/c1-3-13-6-4-5-7-16(13)23-17(25)11-29-22(28)12(2)24-20(26)18-14-8-9-15(10-14)19(18)21(24)27/h4-7,12,14-15,18-19H,3,8-11H2,1-2H3,(H,23,25)/t12-,14-,15+,18-,19-/m0/s1. The third-order valence-electron chi connectivity index (χ3n) is 6.71. The number of esters is 1. The Balaban J connectivity index is 1.35. The van der Waals surface area contributed by atoms with Crippen LogP contribution in [0.15, 0.2) is 24.3 Å². The van der Waals surface area contributed by atoms with Gasteiger partial charge in [-0.3, -0.25) is 19.3 Å². The number of benzene rings is 1. The van der Waals surface area contributed by atoms with Crippen LogP contribution in [0.2, 0.25) is 0 Å². The van der Waals surface area contributed by atoms with Gasteiger partial charge in [0.15, 0.2) is 6.61 Å². The highest BCUT2D eigenvalue weighted by molar-refractivity contribution is 6.08. The Morgan fingerprint density at radius 2 is 1.76 bits per heavy atom. The Morgan fingerprint density at radius 1 is 1.14 bits per heavy atom. The summed E-state index contributed by atoms with van der Waals surface area (Å²) >= 11 is 0. The molecular weight excluding hydrogens is 372 g/mol. The molecule has 7 nitrogen and oxygen atoms in total. The number of nitrogens with one attached hydrogen (secondary N) is 1. The molecule has 1 aliphatic heterocycles. The molecule has 0 aromatic heterocycles. The zero-order valence-electron chi connectivity index (χ0n) is 16.7. The summed E-state index contributed by atoms with van der Waals surface area (Å²) < 4.78 is 5.11. The molecule has 3 fully saturated rings. The van der Waals surface area contributed by atoms with E-state index in [-0.39, 0.29) is 35.5 Å². The van der Waals surface area contributed by atoms with Crippen molar-refractivity contribution in [1.29, 1.82) is 0 Å². The molecule has 3 aliphatic rings. The van der Waals surface area contributed by atoms with Gasteiger partial charge >= 0.3 is 5.97 Å². The number of anilines is 1. The van der Waals surface area contributed by atoms with E-state index in [0.29, 0.717) is 5.69 Å². The van der Waals surface area contributed by atoms with Crippen molar-refractivity contribution < 1.29 is 23.9 Å². The molecule has 4 rings (SSSR count). The van der Waals surface area contributed by atoms with Crippen molar-refractivity contribution >= 4 is 29.4 Å². The second-order valence-corrected chi connectivity index (χ2v) is 8.27. The fourth-order valence-corrected chi connectivity index (χ4v) is 5.31. The monoisotopic (exact) mass is 398 g/mol. The lowest BCUT2D eigenvalue weighted by Gasteiger charge is -2.23. The number of likely N-dealkylation sites (tertiary alicyclic amines) is 1. The summed E-state index contributed by atoms with van der Waals surface area (Å²) in [6, 6.07) is 6.39. The Labute approximate surface area is 169 Å². The van der Waals surface area contributed by atoms with E-state index in [4.69, 9.17) is 4.74 Å². The topological polar surface area (TPSA) is 92.8 Å². The van der Waals surface area contributed by atoms with Crippen molar-refractivity contribution in [2.45, 2.75) is 45.6 Å². The molecule has 1 heterocycles. The number of aryl methyl sites for hydroxylation is 1. The molecule has 1 N–H and O–H groups in total. The van der Waals surface area contributed by atoms with Crippen LogP contribution in [-0.4, -0.2) is 41.2 Å². The maximum absolute atomic E-state index is 12.8. The van der Waals surface area contributed by atoms with Gasteiger partial charge in [0.2, 0.25) is 11.8 Å². The number of hydrogen-bond acceptors (Lipinski definition) is 5. The number of carbonyl (C=O) groups is 4. The minimum absolute atomic E-state index is 0.252. The van der Waals surface area contributed by atoms with Crippen molar-refractivity contribution in [2.24, 2.45) is 23.7 Å². The van der Waals surface area contributed by atoms with Crippen molar-refractivity contribution in [3.63, 3.8) is 0 Å². The number of amides is 3. The molecule has 1 aromatic rings. The molecule has 29 heavy (non-hydrogen) atoms. The van der Waals surface area contributed by atoms with Crippen LogP contribution in [0.25, 0.3) is 0 Å². The van der Waals surface area contributed by atoms with Gasteiger partial charge in [-0.25, -0.2) is 4.79 Å². The predicted molar refractivity (Wildman–Crippen MR) is 105 cm³/mol. The van der Waals surface area contributed by atoms with Crippen molar-refractivity contribution in [3.05, 3.63) is 29.8 Å². The minimum Gasteiger partial charge on any atom is -0.454 e. The molecule has 154 valence electrons. The molecule has 1 aromatic carbocycles. The molecule has 0 radical (unpaired) electrons. The zero-order valence-corrected chi connectivity index (χ0v) is 16.7. The first-order chi connectivity index (χ1) is 13.9. The van der Waals surface area contributed by atoms with Gasteiger partial charge in [-0.15, -0.1) is 0 Å². The van der Waals surface area contributed by atoms with E-state index < -0.39 is 24.5 Å². The Hall–Kier alpha value is -2.70. The Bertz CT molecular complexity index is 839. The molecule has 3 amide bonds. The van der Waals surface area contributed by atoms with Gasteiger partial charge in [0.1, 0.15) is 6.04 Å². The number of nitrogens with zero attached hydrogens (tertiary/aromatic N) is 1. The second kappa shape index (κ2) is 7.61. The number of carbonyl (C=O) groups excluding carboxylic acids is 4. The highest BCUT2D eigenvalue weighted by Crippen LogP contribution is 2.56. The average Bonchev–Trinajstić information content (AvgIpc) is 3.40. The SMILES string of the molecule is CCc1ccccc1NC(=O)COC(=O)[C@H](C)N1C(=O)[C@H]2[C@@H]3CC[C@@H](C3)[C@@H]2C1=O. The van der Waals surface area contributed by atoms with Crippen molar-refractivity contribution in [1.82, 2.24) is 4.90 Å². The van der Waals surface area contributed by atoms with E-state index in [2.05, 4.69) is 5.32 Å². The summed E-state index contributed by atoms with van der Waals surface area (Å²) in [5, 5.41) is 2.73. The van der Waals surface area contributed by atoms with Gasteiger partial charge in [-0.05, 0) is 56.1 Å². The van der Waals surface area contributed by atoms with Crippen LogP contribution in [0, 0.1) is 23.7 Å². The third kappa shape index (κ3) is 3.32. The second-order valence-electron chi connectivity index (χ2n) is 8.27. The first kappa shape index (κ1) is 19.6. The first-order valence-corrected chi connectivity index (χ1v) is 10.3. The summed E-state index contributed by atoms with van der Waals surface area (Å²) in [6.45, 7) is 3.01. The fraction of sp³-hybridized carbons (Fsp3) is 0.545. The average molecular weight is 398 g/mol. The van der Waals surface area contributed by atoms with Crippen LogP contribution in [0.5, 0.6) is 0 Å². The maximum atomic E-state index is 12.8. The van der Waals surface area contributed by atoms with E-state index in [1.54, 1.807) is 6.07 Å². The zero-order chi connectivity index (χ0) is 20.7. The fourth-order valence-electron chi connectivity index (χ4n) is 5.31. The van der Waals surface area contributed by atoms with Gasteiger partial charge in [0.05, 0.1) is 11.8 Å². The van der Waals surface area contributed by atoms with Crippen LogP contribution in [0.3, 0.4) is 0 Å². The van der Waals surface area contributed by atoms with Gasteiger partial charge < -0.3 is 10.1 Å². The smallest absolute Gasteiger partial charge is 0.329 e. The van der Waals surface area contributed by atoms with Crippen LogP contribution in [-0.2, 0) is 30.3 Å². The summed E-state index contributed by atoms with van der Waals surface area (Å²) in [6.07, 6.45) is 3.67. The van der Waals surface area contributed by atoms with Crippen LogP contribution >= 0.6 is 0 Å². The van der Waals surface area contributed by atoms with E-state index >= 15 is 0 Å². The molecule has 2 aliphatic carbocycles. The highest BCUT2D eigenvalue weighted by atomic mass is 16.5. The third-order valence-corrected chi connectivity index (χ3v) is 6.71. The number of para-hydroxylation sites is 1. The molecule has 0 unspecified atom stereocenters. The Kier molecular flexibility index (Phi) is 5.15. The molecule has 2 saturated carbocycles. The van der Waals surface area contributed by atoms with Gasteiger partial charge in [-0.2, -0.15) is 0 Å². The molecule has 2 bridgehead atoms. The van der Waals surface area contributed by atoms with E-state index in [0.717, 1.165) is 36.1 Å². The van der Waals surface area contributed by atoms with Crippen LogP contribution in [0.4, 0.5) is 5.69 Å². The summed E-state index contributed by atoms with van der Waals surface area (Å²) in [5.41, 5.74) is 1.66. The Morgan fingerprint density at radius 3 is 2.38 bits per heavy atom. The first-order valence-electron chi connectivity index (χ1n) is 10.3. The summed E-state index contributed by atoms with van der Waals surface area (Å²) in [4.78, 5) is 51.3. The van der Waals surface area contributed by atoms with E-state index in [9.17, 15) is 19.2 Å². The van der Waals surface area contributed by atoms with E-state index in [1.807, 2.05) is 25.1 Å². The normalized spacial score (nSPS) is 28.4. The van der Waals surface area contributed by atoms with Crippen LogP contribution in [0.1, 0.15) is 38.7 Å². The lowest BCUT2D eigenvalue weighted by molar-refractivity contribution is -0.159.